The van der Waals surface area contributed by atoms with Crippen molar-refractivity contribution in [2.45, 2.75) is 26.0 Å². The minimum Gasteiger partial charge on any atom is -0.394 e. The van der Waals surface area contributed by atoms with E-state index in [0.29, 0.717) is 5.69 Å². The molecule has 1 heterocycles. The third kappa shape index (κ3) is 4.14. The number of halogens is 1. The molecule has 1 atom stereocenters. The van der Waals surface area contributed by atoms with Crippen molar-refractivity contribution in [3.05, 3.63) is 22.4 Å². The second kappa shape index (κ2) is 6.78. The van der Waals surface area contributed by atoms with Crippen molar-refractivity contribution in [2.75, 3.05) is 13.2 Å². The number of carbonyl (C=O) groups excluding carboxylic acids is 1. The van der Waals surface area contributed by atoms with Crippen LogP contribution in [0.1, 0.15) is 23.8 Å². The molecule has 0 aliphatic carbocycles. The average Bonchev–Trinajstić information content (AvgIpc) is 2.67. The van der Waals surface area contributed by atoms with E-state index < -0.39 is 6.10 Å². The lowest BCUT2D eigenvalue weighted by Gasteiger charge is -2.10. The zero-order valence-electron chi connectivity index (χ0n) is 9.69. The molecular formula is C11H17BrN2O3. The Kier molecular flexibility index (Phi) is 5.67. The van der Waals surface area contributed by atoms with Crippen molar-refractivity contribution in [3.8, 4) is 0 Å². The molecule has 6 heteroatoms. The van der Waals surface area contributed by atoms with Crippen LogP contribution in [0.4, 0.5) is 0 Å². The zero-order valence-corrected chi connectivity index (χ0v) is 11.3. The van der Waals surface area contributed by atoms with Crippen LogP contribution in [0.15, 0.2) is 16.7 Å². The summed E-state index contributed by atoms with van der Waals surface area (Å²) >= 11 is 3.32. The number of aliphatic hydroxyl groups is 2. The number of rotatable bonds is 6. The van der Waals surface area contributed by atoms with Gasteiger partial charge in [-0.25, -0.2) is 0 Å². The second-order valence-corrected chi connectivity index (χ2v) is 4.70. The van der Waals surface area contributed by atoms with E-state index >= 15 is 0 Å². The first-order valence-electron chi connectivity index (χ1n) is 5.51. The Morgan fingerprint density at radius 2 is 2.35 bits per heavy atom. The summed E-state index contributed by atoms with van der Waals surface area (Å²) < 4.78 is 2.70. The van der Waals surface area contributed by atoms with Crippen molar-refractivity contribution >= 4 is 21.8 Å². The fraction of sp³-hybridized carbons (Fsp3) is 0.545. The number of carbonyl (C=O) groups is 1. The van der Waals surface area contributed by atoms with Gasteiger partial charge in [0.2, 0.25) is 0 Å². The highest BCUT2D eigenvalue weighted by atomic mass is 79.9. The molecule has 0 fully saturated rings. The van der Waals surface area contributed by atoms with Crippen LogP contribution in [0.3, 0.4) is 0 Å². The van der Waals surface area contributed by atoms with Crippen LogP contribution in [0.25, 0.3) is 0 Å². The molecule has 0 radical (unpaired) electrons. The van der Waals surface area contributed by atoms with Crippen molar-refractivity contribution < 1.29 is 15.0 Å². The largest absolute Gasteiger partial charge is 0.394 e. The highest BCUT2D eigenvalue weighted by molar-refractivity contribution is 9.10. The van der Waals surface area contributed by atoms with Gasteiger partial charge in [-0.15, -0.1) is 0 Å². The van der Waals surface area contributed by atoms with Gasteiger partial charge in [0.25, 0.3) is 5.91 Å². The maximum absolute atomic E-state index is 11.8. The van der Waals surface area contributed by atoms with E-state index in [9.17, 15) is 4.79 Å². The van der Waals surface area contributed by atoms with Crippen LogP contribution in [0, 0.1) is 0 Å². The maximum atomic E-state index is 11.8. The van der Waals surface area contributed by atoms with Gasteiger partial charge in [-0.05, 0) is 28.4 Å². The summed E-state index contributed by atoms with van der Waals surface area (Å²) in [5, 5.41) is 20.4. The lowest BCUT2D eigenvalue weighted by Crippen LogP contribution is -2.34. The van der Waals surface area contributed by atoms with E-state index in [1.807, 2.05) is 17.7 Å². The van der Waals surface area contributed by atoms with Gasteiger partial charge in [0.05, 0.1) is 12.7 Å². The number of aromatic nitrogens is 1. The lowest BCUT2D eigenvalue weighted by atomic mass is 10.3. The molecule has 0 aliphatic rings. The molecule has 0 saturated heterocycles. The quantitative estimate of drug-likeness (QED) is 0.726. The summed E-state index contributed by atoms with van der Waals surface area (Å²) in [6, 6.07) is 1.73. The van der Waals surface area contributed by atoms with Crippen LogP contribution < -0.4 is 5.32 Å². The van der Waals surface area contributed by atoms with Gasteiger partial charge in [-0.2, -0.15) is 0 Å². The fourth-order valence-electron chi connectivity index (χ4n) is 1.46. The topological polar surface area (TPSA) is 74.5 Å². The van der Waals surface area contributed by atoms with Crippen molar-refractivity contribution in [1.82, 2.24) is 9.88 Å². The molecule has 0 aliphatic heterocycles. The number of aryl methyl sites for hydroxylation is 1. The molecule has 0 bridgehead atoms. The molecule has 1 aromatic rings. The van der Waals surface area contributed by atoms with Gasteiger partial charge in [0.15, 0.2) is 0 Å². The predicted octanol–water partition coefficient (Wildman–Crippen LogP) is 0.744. The Hall–Kier alpha value is -0.850. The second-order valence-electron chi connectivity index (χ2n) is 3.78. The molecule has 0 saturated carbocycles. The summed E-state index contributed by atoms with van der Waals surface area (Å²) in [6.45, 7) is 2.48. The first-order valence-corrected chi connectivity index (χ1v) is 6.30. The lowest BCUT2D eigenvalue weighted by molar-refractivity contribution is 0.0796. The maximum Gasteiger partial charge on any atom is 0.268 e. The van der Waals surface area contributed by atoms with E-state index in [0.717, 1.165) is 17.4 Å². The van der Waals surface area contributed by atoms with Gasteiger partial charge < -0.3 is 20.1 Å². The molecule has 0 spiro atoms. The number of amides is 1. The van der Waals surface area contributed by atoms with Crippen LogP contribution in [0.5, 0.6) is 0 Å². The van der Waals surface area contributed by atoms with E-state index in [1.165, 1.54) is 0 Å². The van der Waals surface area contributed by atoms with E-state index in [-0.39, 0.29) is 19.1 Å². The molecule has 17 heavy (non-hydrogen) atoms. The zero-order chi connectivity index (χ0) is 12.8. The number of nitrogens with zero attached hydrogens (tertiary/aromatic N) is 1. The van der Waals surface area contributed by atoms with E-state index in [1.54, 1.807) is 6.07 Å². The SMILES string of the molecule is CCCn1cc(Br)cc1C(=O)NCC(O)CO. The summed E-state index contributed by atoms with van der Waals surface area (Å²) in [5.41, 5.74) is 0.545. The molecule has 1 amide bonds. The molecule has 96 valence electrons. The number of aliphatic hydroxyl groups excluding tert-OH is 2. The van der Waals surface area contributed by atoms with Crippen LogP contribution in [-0.2, 0) is 6.54 Å². The van der Waals surface area contributed by atoms with Gasteiger partial charge in [0, 0.05) is 23.8 Å². The van der Waals surface area contributed by atoms with Gasteiger partial charge >= 0.3 is 0 Å². The third-order valence-corrected chi connectivity index (χ3v) is 2.70. The highest BCUT2D eigenvalue weighted by Gasteiger charge is 2.13. The fourth-order valence-corrected chi connectivity index (χ4v) is 1.92. The standard InChI is InChI=1S/C11H17BrN2O3/c1-2-3-14-6-8(12)4-10(14)11(17)13-5-9(16)7-15/h4,6,9,15-16H,2-3,5,7H2,1H3,(H,13,17). The number of nitrogens with one attached hydrogen (secondary N) is 1. The third-order valence-electron chi connectivity index (χ3n) is 2.27. The Morgan fingerprint density at radius 3 is 2.94 bits per heavy atom. The van der Waals surface area contributed by atoms with Crippen LogP contribution in [0.2, 0.25) is 0 Å². The van der Waals surface area contributed by atoms with Crippen molar-refractivity contribution in [3.63, 3.8) is 0 Å². The van der Waals surface area contributed by atoms with Gasteiger partial charge in [-0.1, -0.05) is 6.92 Å². The van der Waals surface area contributed by atoms with Crippen LogP contribution in [-0.4, -0.2) is 39.9 Å². The van der Waals surface area contributed by atoms with Gasteiger partial charge in [-0.3, -0.25) is 4.79 Å². The number of hydrogen-bond acceptors (Lipinski definition) is 3. The Bertz CT molecular complexity index is 379. The minimum atomic E-state index is -0.919. The molecule has 0 aromatic carbocycles. The Morgan fingerprint density at radius 1 is 1.65 bits per heavy atom. The number of hydrogen-bond donors (Lipinski definition) is 3. The average molecular weight is 305 g/mol. The summed E-state index contributed by atoms with van der Waals surface area (Å²) in [5.74, 6) is -0.253. The Balaban J connectivity index is 2.67. The van der Waals surface area contributed by atoms with Crippen LogP contribution >= 0.6 is 15.9 Å². The molecule has 1 aromatic heterocycles. The summed E-state index contributed by atoms with van der Waals surface area (Å²) in [4.78, 5) is 11.8. The Labute approximate surface area is 109 Å². The molecule has 1 unspecified atom stereocenters. The molecule has 1 rings (SSSR count). The highest BCUT2D eigenvalue weighted by Crippen LogP contribution is 2.15. The van der Waals surface area contributed by atoms with E-state index in [4.69, 9.17) is 10.2 Å². The van der Waals surface area contributed by atoms with E-state index in [2.05, 4.69) is 21.2 Å². The van der Waals surface area contributed by atoms with Crippen molar-refractivity contribution in [1.29, 1.82) is 0 Å². The molecular weight excluding hydrogens is 288 g/mol. The minimum absolute atomic E-state index is 0.0459. The predicted molar refractivity (Wildman–Crippen MR) is 67.8 cm³/mol. The van der Waals surface area contributed by atoms with Crippen molar-refractivity contribution in [2.24, 2.45) is 0 Å². The first kappa shape index (κ1) is 14.2. The molecule has 3 N–H and O–H groups in total. The molecule has 5 nitrogen and oxygen atoms in total. The van der Waals surface area contributed by atoms with Gasteiger partial charge in [0.1, 0.15) is 5.69 Å². The summed E-state index contributed by atoms with van der Waals surface area (Å²) in [7, 11) is 0. The first-order chi connectivity index (χ1) is 8.08. The smallest absolute Gasteiger partial charge is 0.268 e. The summed E-state index contributed by atoms with van der Waals surface area (Å²) in [6.07, 6.45) is 1.86. The normalized spacial score (nSPS) is 12.5. The monoisotopic (exact) mass is 304 g/mol.